The molecule has 1 fully saturated rings. The molecule has 2 heterocycles. The van der Waals surface area contributed by atoms with E-state index in [-0.39, 0.29) is 16.5 Å². The summed E-state index contributed by atoms with van der Waals surface area (Å²) >= 11 is 8.93. The maximum atomic E-state index is 13.7. The van der Waals surface area contributed by atoms with Crippen LogP contribution in [0.3, 0.4) is 0 Å². The van der Waals surface area contributed by atoms with Crippen molar-refractivity contribution >= 4 is 57.3 Å². The minimum atomic E-state index is -1.01. The SMILES string of the molecule is CCOc1cc(C2C(=C(O)c3ccc(OC)cc3)C(=O)C(=O)N2c2nnc(SCc3ccccc3Cl)s2)ccc1OCCC(C)C. The molecule has 0 saturated carbocycles. The number of aliphatic hydroxyl groups is 1. The second-order valence-corrected chi connectivity index (χ2v) is 13.4. The van der Waals surface area contributed by atoms with E-state index in [1.807, 2.05) is 31.2 Å². The monoisotopic (exact) mass is 679 g/mol. The first-order valence-corrected chi connectivity index (χ1v) is 16.9. The van der Waals surface area contributed by atoms with Crippen LogP contribution in [0.1, 0.15) is 49.9 Å². The Bertz CT molecular complexity index is 1740. The minimum absolute atomic E-state index is 0.0773. The van der Waals surface area contributed by atoms with Gasteiger partial charge >= 0.3 is 5.91 Å². The van der Waals surface area contributed by atoms with Crippen molar-refractivity contribution < 1.29 is 28.9 Å². The van der Waals surface area contributed by atoms with E-state index in [0.717, 1.165) is 12.0 Å². The Labute approximate surface area is 281 Å². The number of ether oxygens (including phenoxy) is 3. The number of aliphatic hydroxyl groups excluding tert-OH is 1. The van der Waals surface area contributed by atoms with Gasteiger partial charge < -0.3 is 19.3 Å². The molecule has 1 aliphatic heterocycles. The molecule has 1 N–H and O–H groups in total. The third-order valence-corrected chi connectivity index (χ3v) is 9.73. The van der Waals surface area contributed by atoms with Crippen molar-refractivity contribution in [3.63, 3.8) is 0 Å². The second kappa shape index (κ2) is 15.0. The Balaban J connectivity index is 1.56. The van der Waals surface area contributed by atoms with E-state index in [1.54, 1.807) is 42.5 Å². The van der Waals surface area contributed by atoms with E-state index in [9.17, 15) is 14.7 Å². The lowest BCUT2D eigenvalue weighted by atomic mass is 9.95. The molecule has 12 heteroatoms. The molecule has 0 aliphatic carbocycles. The number of thioether (sulfide) groups is 1. The summed E-state index contributed by atoms with van der Waals surface area (Å²) in [4.78, 5) is 28.7. The number of Topliss-reactive ketones (excluding diaryl/α,β-unsaturated/α-hetero) is 1. The highest BCUT2D eigenvalue weighted by molar-refractivity contribution is 8.00. The zero-order chi connectivity index (χ0) is 32.8. The fourth-order valence-corrected chi connectivity index (χ4v) is 7.00. The summed E-state index contributed by atoms with van der Waals surface area (Å²) in [6, 6.07) is 18.4. The molecule has 1 amide bonds. The van der Waals surface area contributed by atoms with Crippen molar-refractivity contribution in [2.24, 2.45) is 5.92 Å². The molecule has 1 unspecified atom stereocenters. The number of halogens is 1. The first-order valence-electron chi connectivity index (χ1n) is 14.8. The van der Waals surface area contributed by atoms with Crippen LogP contribution in [0.2, 0.25) is 5.02 Å². The number of rotatable bonds is 13. The molecular formula is C34H34ClN3O6S2. The van der Waals surface area contributed by atoms with Crippen LogP contribution in [0.5, 0.6) is 17.2 Å². The topological polar surface area (TPSA) is 111 Å². The zero-order valence-electron chi connectivity index (χ0n) is 25.9. The number of benzene rings is 3. The number of anilines is 1. The summed E-state index contributed by atoms with van der Waals surface area (Å²) < 4.78 is 17.8. The molecule has 1 aromatic heterocycles. The average Bonchev–Trinajstić information content (AvgIpc) is 3.62. The Hall–Kier alpha value is -4.06. The van der Waals surface area contributed by atoms with Crippen LogP contribution in [-0.4, -0.2) is 47.3 Å². The van der Waals surface area contributed by atoms with Crippen molar-refractivity contribution in [3.8, 4) is 17.2 Å². The first kappa shape index (κ1) is 33.3. The van der Waals surface area contributed by atoms with E-state index in [2.05, 4.69) is 24.0 Å². The standard InChI is InChI=1S/C34H34ClN3O6S2/c1-5-43-27-18-22(12-15-26(27)44-17-16-20(2)3)29-28(30(39)21-10-13-24(42-4)14-11-21)31(40)32(41)38(29)33-36-37-34(46-33)45-19-23-8-6-7-9-25(23)35/h6-15,18,20,29,39H,5,16-17,19H2,1-4H3. The third kappa shape index (κ3) is 7.32. The van der Waals surface area contributed by atoms with E-state index in [0.29, 0.717) is 62.6 Å². The zero-order valence-corrected chi connectivity index (χ0v) is 28.2. The lowest BCUT2D eigenvalue weighted by Gasteiger charge is -2.24. The van der Waals surface area contributed by atoms with Gasteiger partial charge in [0.25, 0.3) is 5.78 Å². The van der Waals surface area contributed by atoms with Crippen molar-refractivity contribution in [1.82, 2.24) is 10.2 Å². The molecule has 5 rings (SSSR count). The van der Waals surface area contributed by atoms with Gasteiger partial charge in [0.1, 0.15) is 11.5 Å². The van der Waals surface area contributed by atoms with E-state index in [1.165, 1.54) is 35.1 Å². The quantitative estimate of drug-likeness (QED) is 0.0495. The second-order valence-electron chi connectivity index (χ2n) is 10.8. The number of aromatic nitrogens is 2. The molecule has 240 valence electrons. The number of amides is 1. The van der Waals surface area contributed by atoms with E-state index >= 15 is 0 Å². The molecule has 4 aromatic rings. The first-order chi connectivity index (χ1) is 22.2. The van der Waals surface area contributed by atoms with Crippen LogP contribution >= 0.6 is 34.7 Å². The number of carbonyl (C=O) groups excluding carboxylic acids is 2. The summed E-state index contributed by atoms with van der Waals surface area (Å²) in [5.74, 6) is 0.624. The molecule has 1 saturated heterocycles. The van der Waals surface area contributed by atoms with Gasteiger partial charge in [0.2, 0.25) is 5.13 Å². The molecule has 0 bridgehead atoms. The Morgan fingerprint density at radius 1 is 1.04 bits per heavy atom. The number of ketones is 1. The summed E-state index contributed by atoms with van der Waals surface area (Å²) in [6.07, 6.45) is 0.864. The fourth-order valence-electron chi connectivity index (χ4n) is 4.85. The van der Waals surface area contributed by atoms with Crippen molar-refractivity contribution in [3.05, 3.63) is 94.0 Å². The summed E-state index contributed by atoms with van der Waals surface area (Å²) in [7, 11) is 1.54. The summed E-state index contributed by atoms with van der Waals surface area (Å²) in [5, 5.41) is 21.0. The summed E-state index contributed by atoms with van der Waals surface area (Å²) in [5.41, 5.74) is 1.75. The van der Waals surface area contributed by atoms with Crippen molar-refractivity contribution in [2.45, 2.75) is 43.3 Å². The van der Waals surface area contributed by atoms with Crippen LogP contribution < -0.4 is 19.1 Å². The Morgan fingerprint density at radius 2 is 1.80 bits per heavy atom. The molecule has 1 atom stereocenters. The maximum Gasteiger partial charge on any atom is 0.301 e. The predicted octanol–water partition coefficient (Wildman–Crippen LogP) is 7.94. The van der Waals surface area contributed by atoms with Gasteiger partial charge in [0, 0.05) is 16.3 Å². The van der Waals surface area contributed by atoms with Crippen LogP contribution in [0.15, 0.2) is 76.6 Å². The van der Waals surface area contributed by atoms with Gasteiger partial charge in [0.15, 0.2) is 15.8 Å². The number of hydrogen-bond acceptors (Lipinski definition) is 10. The molecular weight excluding hydrogens is 646 g/mol. The minimum Gasteiger partial charge on any atom is -0.507 e. The number of hydrogen-bond donors (Lipinski definition) is 1. The summed E-state index contributed by atoms with van der Waals surface area (Å²) in [6.45, 7) is 6.99. The van der Waals surface area contributed by atoms with Crippen molar-refractivity contribution in [2.75, 3.05) is 25.2 Å². The van der Waals surface area contributed by atoms with Crippen LogP contribution in [0, 0.1) is 5.92 Å². The maximum absolute atomic E-state index is 13.7. The smallest absolute Gasteiger partial charge is 0.301 e. The van der Waals surface area contributed by atoms with Gasteiger partial charge in [-0.25, -0.2) is 0 Å². The van der Waals surface area contributed by atoms with Gasteiger partial charge in [-0.15, -0.1) is 10.2 Å². The van der Waals surface area contributed by atoms with Gasteiger partial charge in [-0.3, -0.25) is 14.5 Å². The van der Waals surface area contributed by atoms with Gasteiger partial charge in [-0.1, -0.05) is 72.8 Å². The lowest BCUT2D eigenvalue weighted by molar-refractivity contribution is -0.132. The molecule has 9 nitrogen and oxygen atoms in total. The number of nitrogens with zero attached hydrogens (tertiary/aromatic N) is 3. The molecule has 3 aromatic carbocycles. The Morgan fingerprint density at radius 3 is 2.50 bits per heavy atom. The molecule has 46 heavy (non-hydrogen) atoms. The number of methoxy groups -OCH3 is 1. The molecule has 0 radical (unpaired) electrons. The van der Waals surface area contributed by atoms with Gasteiger partial charge in [-0.05, 0) is 72.9 Å². The highest BCUT2D eigenvalue weighted by Crippen LogP contribution is 2.46. The highest BCUT2D eigenvalue weighted by atomic mass is 35.5. The van der Waals surface area contributed by atoms with Gasteiger partial charge in [-0.2, -0.15) is 0 Å². The average molecular weight is 680 g/mol. The number of carbonyl (C=O) groups is 2. The normalized spacial score (nSPS) is 15.9. The molecule has 0 spiro atoms. The van der Waals surface area contributed by atoms with Crippen LogP contribution in [-0.2, 0) is 15.3 Å². The third-order valence-electron chi connectivity index (χ3n) is 7.25. The highest BCUT2D eigenvalue weighted by Gasteiger charge is 2.48. The van der Waals surface area contributed by atoms with Crippen molar-refractivity contribution in [1.29, 1.82) is 0 Å². The van der Waals surface area contributed by atoms with Crippen LogP contribution in [0.25, 0.3) is 5.76 Å². The largest absolute Gasteiger partial charge is 0.507 e. The van der Waals surface area contributed by atoms with E-state index in [4.69, 9.17) is 25.8 Å². The Kier molecular flexibility index (Phi) is 10.9. The lowest BCUT2D eigenvalue weighted by Crippen LogP contribution is -2.29. The van der Waals surface area contributed by atoms with E-state index < -0.39 is 17.7 Å². The molecule has 1 aliphatic rings. The predicted molar refractivity (Wildman–Crippen MR) is 181 cm³/mol. The van der Waals surface area contributed by atoms with Gasteiger partial charge in [0.05, 0.1) is 31.9 Å². The fraction of sp³-hybridized carbons (Fsp3) is 0.294. The van der Waals surface area contributed by atoms with Crippen LogP contribution in [0.4, 0.5) is 5.13 Å².